The van der Waals surface area contributed by atoms with Crippen LogP contribution in [0.25, 0.3) is 0 Å². The number of piperidine rings is 1. The molecule has 0 saturated carbocycles. The van der Waals surface area contributed by atoms with Gasteiger partial charge >= 0.3 is 26.3 Å². The van der Waals surface area contributed by atoms with Gasteiger partial charge < -0.3 is 24.6 Å². The van der Waals surface area contributed by atoms with Crippen molar-refractivity contribution in [2.24, 2.45) is 0 Å². The molecule has 254 valence electrons. The Bertz CT molecular complexity index is 1420. The number of nitrogens with one attached hydrogen (secondary N) is 1. The van der Waals surface area contributed by atoms with Gasteiger partial charge in [-0.1, -0.05) is 30.3 Å². The molecule has 2 aromatic carbocycles. The second kappa shape index (κ2) is 13.5. The van der Waals surface area contributed by atoms with Gasteiger partial charge in [-0.15, -0.1) is 0 Å². The van der Waals surface area contributed by atoms with Gasteiger partial charge in [0.05, 0.1) is 48.1 Å². The molecule has 1 spiro atoms. The van der Waals surface area contributed by atoms with E-state index in [1.807, 2.05) is 0 Å². The largest absolute Gasteiger partial charge is 0.469 e. The van der Waals surface area contributed by atoms with Crippen LogP contribution in [0, 0.1) is 0 Å². The highest BCUT2D eigenvalue weighted by Crippen LogP contribution is 2.46. The summed E-state index contributed by atoms with van der Waals surface area (Å²) in [5, 5.41) is 2.92. The Morgan fingerprint density at radius 2 is 1.63 bits per heavy atom. The summed E-state index contributed by atoms with van der Waals surface area (Å²) in [4.78, 5) is 45.0. The van der Waals surface area contributed by atoms with Crippen LogP contribution in [-0.4, -0.2) is 58.6 Å². The minimum atomic E-state index is -5.05. The molecule has 0 bridgehead atoms. The molecule has 3 atom stereocenters. The number of likely N-dealkylation sites (tertiary alicyclic amines) is 1. The Kier molecular flexibility index (Phi) is 10.5. The monoisotopic (exact) mass is 682 g/mol. The van der Waals surface area contributed by atoms with Crippen LogP contribution in [0.5, 0.6) is 0 Å². The van der Waals surface area contributed by atoms with Crippen molar-refractivity contribution >= 4 is 19.8 Å². The zero-order chi connectivity index (χ0) is 34.0. The maximum Gasteiger partial charge on any atom is 0.469 e. The predicted octanol–water partition coefficient (Wildman–Crippen LogP) is 6.08. The fourth-order valence-electron chi connectivity index (χ4n) is 5.77. The normalized spacial score (nSPS) is 23.0. The summed E-state index contributed by atoms with van der Waals surface area (Å²) in [5.41, 5.74) is -4.96. The molecule has 17 heteroatoms. The van der Waals surface area contributed by atoms with E-state index in [1.54, 1.807) is 30.3 Å². The first-order valence-corrected chi connectivity index (χ1v) is 15.8. The second-order valence-electron chi connectivity index (χ2n) is 11.4. The summed E-state index contributed by atoms with van der Waals surface area (Å²) >= 11 is 0. The number of carbonyl (C=O) groups excluding carboxylic acids is 2. The molecule has 3 N–H and O–H groups in total. The lowest BCUT2D eigenvalue weighted by molar-refractivity contribution is -0.143. The van der Waals surface area contributed by atoms with Crippen LogP contribution in [-0.2, 0) is 41.2 Å². The van der Waals surface area contributed by atoms with Crippen molar-refractivity contribution < 1.29 is 64.3 Å². The van der Waals surface area contributed by atoms with Crippen molar-refractivity contribution in [1.29, 1.82) is 0 Å². The molecule has 4 rings (SSSR count). The quantitative estimate of drug-likeness (QED) is 0.156. The minimum Gasteiger partial charge on any atom is -0.449 e. The number of carbonyl (C=O) groups is 2. The molecule has 2 aromatic rings. The molecule has 46 heavy (non-hydrogen) atoms. The van der Waals surface area contributed by atoms with Crippen molar-refractivity contribution in [3.8, 4) is 0 Å². The van der Waals surface area contributed by atoms with Gasteiger partial charge in [-0.3, -0.25) is 14.2 Å². The molecule has 0 radical (unpaired) electrons. The second-order valence-corrected chi connectivity index (χ2v) is 12.6. The van der Waals surface area contributed by atoms with Crippen LogP contribution in [0.15, 0.2) is 48.5 Å². The SMILES string of the molecule is C[C@@H](OC[C@@]1(c2ccccc2)CC[C@]2(CCC(=O)N2)CN1C(=O)OCCCOP(=O)(O)O)c1cc(C(F)(F)F)cc(C(F)(F)F)c1. The molecular formula is C29H33F6N2O8P. The first-order valence-electron chi connectivity index (χ1n) is 14.3. The number of alkyl halides is 6. The number of nitrogens with zero attached hydrogens (tertiary/aromatic N) is 1. The van der Waals surface area contributed by atoms with Crippen molar-refractivity contribution in [2.75, 3.05) is 26.4 Å². The van der Waals surface area contributed by atoms with Gasteiger partial charge in [-0.25, -0.2) is 9.36 Å². The zero-order valence-electron chi connectivity index (χ0n) is 24.6. The van der Waals surface area contributed by atoms with Crippen LogP contribution in [0.4, 0.5) is 31.1 Å². The summed E-state index contributed by atoms with van der Waals surface area (Å²) in [6.07, 6.45) is -11.2. The number of amides is 2. The fraction of sp³-hybridized carbons (Fsp3) is 0.517. The van der Waals surface area contributed by atoms with Crippen LogP contribution < -0.4 is 5.32 Å². The van der Waals surface area contributed by atoms with Crippen molar-refractivity contribution in [3.05, 3.63) is 70.8 Å². The lowest BCUT2D eigenvalue weighted by Crippen LogP contribution is -2.65. The molecule has 0 unspecified atom stereocenters. The maximum absolute atomic E-state index is 13.7. The summed E-state index contributed by atoms with van der Waals surface area (Å²) in [6, 6.07) is 9.68. The number of ether oxygens (including phenoxy) is 2. The van der Waals surface area contributed by atoms with E-state index in [4.69, 9.17) is 19.3 Å². The van der Waals surface area contributed by atoms with Gasteiger partial charge in [0.2, 0.25) is 5.91 Å². The highest BCUT2D eigenvalue weighted by atomic mass is 31.2. The average Bonchev–Trinajstić information content (AvgIpc) is 3.34. The molecule has 10 nitrogen and oxygen atoms in total. The van der Waals surface area contributed by atoms with Gasteiger partial charge in [0, 0.05) is 19.4 Å². The molecule has 0 aliphatic carbocycles. The molecule has 2 fully saturated rings. The van der Waals surface area contributed by atoms with E-state index in [2.05, 4.69) is 9.84 Å². The number of phosphoric ester groups is 1. The van der Waals surface area contributed by atoms with E-state index in [0.717, 1.165) is 0 Å². The van der Waals surface area contributed by atoms with Gasteiger partial charge in [0.1, 0.15) is 0 Å². The average molecular weight is 683 g/mol. The Balaban J connectivity index is 1.66. The molecular weight excluding hydrogens is 649 g/mol. The highest BCUT2D eigenvalue weighted by Gasteiger charge is 2.54. The Morgan fingerprint density at radius 1 is 1.00 bits per heavy atom. The topological polar surface area (TPSA) is 135 Å². The van der Waals surface area contributed by atoms with E-state index in [0.29, 0.717) is 30.5 Å². The van der Waals surface area contributed by atoms with E-state index in [-0.39, 0.29) is 56.6 Å². The number of benzene rings is 2. The van der Waals surface area contributed by atoms with Crippen molar-refractivity contribution in [1.82, 2.24) is 10.2 Å². The third kappa shape index (κ3) is 8.59. The number of rotatable bonds is 10. The van der Waals surface area contributed by atoms with Crippen LogP contribution >= 0.6 is 7.82 Å². The van der Waals surface area contributed by atoms with Crippen LogP contribution in [0.1, 0.15) is 67.4 Å². The van der Waals surface area contributed by atoms with E-state index in [1.165, 1.54) is 11.8 Å². The third-order valence-electron chi connectivity index (χ3n) is 8.19. The smallest absolute Gasteiger partial charge is 0.449 e. The number of phosphoric acid groups is 1. The summed E-state index contributed by atoms with van der Waals surface area (Å²) < 4.78 is 108. The molecule has 2 saturated heterocycles. The first kappa shape index (κ1) is 35.7. The van der Waals surface area contributed by atoms with Gasteiger partial charge in [0.25, 0.3) is 0 Å². The number of halogens is 6. The number of hydrogen-bond donors (Lipinski definition) is 3. The molecule has 2 heterocycles. The minimum absolute atomic E-state index is 0.0286. The van der Waals surface area contributed by atoms with Gasteiger partial charge in [-0.2, -0.15) is 26.3 Å². The van der Waals surface area contributed by atoms with E-state index < -0.39 is 61.2 Å². The lowest BCUT2D eigenvalue weighted by atomic mass is 9.74. The van der Waals surface area contributed by atoms with Gasteiger partial charge in [0.15, 0.2) is 0 Å². The summed E-state index contributed by atoms with van der Waals surface area (Å²) in [7, 11) is -4.74. The van der Waals surface area contributed by atoms with Crippen molar-refractivity contribution in [2.45, 2.75) is 68.6 Å². The lowest BCUT2D eigenvalue weighted by Gasteiger charge is -2.52. The Hall–Kier alpha value is -3.17. The molecule has 2 aliphatic rings. The van der Waals surface area contributed by atoms with E-state index >= 15 is 0 Å². The molecule has 0 aromatic heterocycles. The maximum atomic E-state index is 13.7. The molecule has 2 aliphatic heterocycles. The molecule has 2 amide bonds. The van der Waals surface area contributed by atoms with Crippen LogP contribution in [0.3, 0.4) is 0 Å². The zero-order valence-corrected chi connectivity index (χ0v) is 25.5. The van der Waals surface area contributed by atoms with Crippen molar-refractivity contribution in [3.63, 3.8) is 0 Å². The van der Waals surface area contributed by atoms with E-state index in [9.17, 15) is 40.5 Å². The van der Waals surface area contributed by atoms with Crippen LogP contribution in [0.2, 0.25) is 0 Å². The third-order valence-corrected chi connectivity index (χ3v) is 8.71. The summed E-state index contributed by atoms with van der Waals surface area (Å²) in [5.74, 6) is -0.218. The highest BCUT2D eigenvalue weighted by molar-refractivity contribution is 7.46. The fourth-order valence-corrected chi connectivity index (χ4v) is 6.13. The number of hydrogen-bond acceptors (Lipinski definition) is 6. The Labute approximate surface area is 260 Å². The Morgan fingerprint density at radius 3 is 2.17 bits per heavy atom. The van der Waals surface area contributed by atoms with Gasteiger partial charge in [-0.05, 0) is 55.5 Å². The standard InChI is InChI=1S/C29H33F6N2O8P/c1-19(20-14-22(28(30,31)32)16-23(15-20)29(33,34)35)44-18-27(21-6-3-2-4-7-21)11-10-26(9-8-24(38)36-26)17-37(27)25(39)43-12-5-13-45-46(40,41)42/h2-4,6-7,14-16,19H,5,8-13,17-18H2,1H3,(H,36,38)(H2,40,41,42)/t19-,26-,27-/m1/s1. The summed E-state index contributed by atoms with van der Waals surface area (Å²) in [6.45, 7) is 0.168. The predicted molar refractivity (Wildman–Crippen MR) is 149 cm³/mol. The first-order chi connectivity index (χ1) is 21.3.